The summed E-state index contributed by atoms with van der Waals surface area (Å²) < 4.78 is 38.5. The third kappa shape index (κ3) is 40.5. The van der Waals surface area contributed by atoms with Crippen LogP contribution in [0.15, 0.2) is 12.3 Å². The van der Waals surface area contributed by atoms with Gasteiger partial charge >= 0.3 is 41.8 Å². The SMILES string of the molecule is C=C(CCC(=O)OC(CC(=O)OCCCCCOC(=O)CCCCCCC)(CC(=O)OCCCCCOC(=O)CCCCCCC)C(=O)OCCCCCOC(=O)CCCCCCC)NCCN(C)C. The standard InChI is InChI=1S/C54H96N2O14/c1-7-10-13-16-22-31-47(57)64-38-25-19-28-41-67-51(61)44-54(70-50(60)35-34-46(4)55-36-37-56(5)6,53(63)69-43-30-21-27-40-66-49(59)33-24-18-15-12-9-3)45-52(62)68-42-29-20-26-39-65-48(58)32-23-17-14-11-8-2/h55H,4,7-45H2,1-3,5-6H3. The van der Waals surface area contributed by atoms with Crippen LogP contribution in [0.25, 0.3) is 0 Å². The number of hydrogen-bond donors (Lipinski definition) is 1. The van der Waals surface area contributed by atoms with Gasteiger partial charge in [0.25, 0.3) is 0 Å². The molecule has 0 aliphatic heterocycles. The fraction of sp³-hybridized carbons (Fsp3) is 0.833. The highest BCUT2D eigenvalue weighted by Gasteiger charge is 2.49. The van der Waals surface area contributed by atoms with E-state index >= 15 is 0 Å². The minimum atomic E-state index is -2.40. The summed E-state index contributed by atoms with van der Waals surface area (Å²) in [5.74, 6) is -4.41. The smallest absolute Gasteiger partial charge is 0.351 e. The lowest BCUT2D eigenvalue weighted by molar-refractivity contribution is -0.191. The molecule has 16 heteroatoms. The van der Waals surface area contributed by atoms with E-state index in [1.807, 2.05) is 19.0 Å². The minimum Gasteiger partial charge on any atom is -0.466 e. The largest absolute Gasteiger partial charge is 0.466 e. The van der Waals surface area contributed by atoms with E-state index in [-0.39, 0.29) is 70.4 Å². The predicted molar refractivity (Wildman–Crippen MR) is 270 cm³/mol. The summed E-state index contributed by atoms with van der Waals surface area (Å²) in [5.41, 5.74) is -1.83. The summed E-state index contributed by atoms with van der Waals surface area (Å²) in [7, 11) is 3.86. The Morgan fingerprint density at radius 2 is 0.729 bits per heavy atom. The molecule has 0 aromatic carbocycles. The van der Waals surface area contributed by atoms with Crippen LogP contribution in [0.4, 0.5) is 0 Å². The third-order valence-electron chi connectivity index (χ3n) is 11.5. The molecular weight excluding hydrogens is 901 g/mol. The second-order valence-electron chi connectivity index (χ2n) is 18.6. The van der Waals surface area contributed by atoms with Crippen molar-refractivity contribution in [2.75, 3.05) is 66.8 Å². The first-order valence-electron chi connectivity index (χ1n) is 27.0. The molecule has 406 valence electrons. The Morgan fingerprint density at radius 1 is 0.400 bits per heavy atom. The van der Waals surface area contributed by atoms with Gasteiger partial charge < -0.3 is 43.4 Å². The molecule has 0 amide bonds. The summed E-state index contributed by atoms with van der Waals surface area (Å²) in [6, 6.07) is 0. The molecule has 0 radical (unpaired) electrons. The molecule has 0 saturated heterocycles. The number of nitrogens with one attached hydrogen (secondary N) is 1. The lowest BCUT2D eigenvalue weighted by Crippen LogP contribution is -2.48. The van der Waals surface area contributed by atoms with Gasteiger partial charge in [-0.3, -0.25) is 28.8 Å². The zero-order valence-electron chi connectivity index (χ0n) is 44.4. The molecule has 0 saturated carbocycles. The zero-order valence-corrected chi connectivity index (χ0v) is 44.4. The van der Waals surface area contributed by atoms with Crippen LogP contribution in [0.5, 0.6) is 0 Å². The van der Waals surface area contributed by atoms with Gasteiger partial charge in [-0.2, -0.15) is 0 Å². The van der Waals surface area contributed by atoms with Gasteiger partial charge in [0.05, 0.1) is 58.9 Å². The van der Waals surface area contributed by atoms with Gasteiger partial charge in [-0.15, -0.1) is 0 Å². The minimum absolute atomic E-state index is 0.0239. The molecule has 0 spiro atoms. The number of nitrogens with zero attached hydrogens (tertiary/aromatic N) is 1. The molecule has 0 unspecified atom stereocenters. The number of likely N-dealkylation sites (N-methyl/N-ethyl adjacent to an activating group) is 1. The maximum atomic E-state index is 14.1. The average Bonchev–Trinajstić information content (AvgIpc) is 3.31. The molecule has 0 aromatic heterocycles. The fourth-order valence-corrected chi connectivity index (χ4v) is 7.16. The Kier molecular flexibility index (Phi) is 43.1. The normalized spacial score (nSPS) is 11.2. The monoisotopic (exact) mass is 997 g/mol. The van der Waals surface area contributed by atoms with Gasteiger partial charge in [-0.25, -0.2) is 4.79 Å². The molecule has 0 heterocycles. The zero-order chi connectivity index (χ0) is 51.9. The number of ether oxygens (including phenoxy) is 7. The van der Waals surface area contributed by atoms with E-state index in [1.165, 1.54) is 0 Å². The van der Waals surface area contributed by atoms with E-state index in [0.29, 0.717) is 89.3 Å². The highest BCUT2D eigenvalue weighted by atomic mass is 16.6. The Labute approximate surface area is 422 Å². The number of carbonyl (C=O) groups excluding carboxylic acids is 7. The Bertz CT molecular complexity index is 1370. The van der Waals surface area contributed by atoms with Crippen LogP contribution in [0.3, 0.4) is 0 Å². The number of hydrogen-bond acceptors (Lipinski definition) is 16. The van der Waals surface area contributed by atoms with Crippen LogP contribution in [0, 0.1) is 0 Å². The molecule has 0 rings (SSSR count). The predicted octanol–water partition coefficient (Wildman–Crippen LogP) is 10.3. The first kappa shape index (κ1) is 65.8. The Hall–Kier alpha value is -4.21. The van der Waals surface area contributed by atoms with Crippen LogP contribution >= 0.6 is 0 Å². The van der Waals surface area contributed by atoms with Gasteiger partial charge in [0.2, 0.25) is 5.60 Å². The van der Waals surface area contributed by atoms with Crippen LogP contribution in [0.1, 0.15) is 220 Å². The molecule has 70 heavy (non-hydrogen) atoms. The van der Waals surface area contributed by atoms with Gasteiger partial charge in [0.15, 0.2) is 0 Å². The van der Waals surface area contributed by atoms with Gasteiger partial charge in [0.1, 0.15) is 0 Å². The van der Waals surface area contributed by atoms with Crippen LogP contribution in [-0.2, 0) is 66.7 Å². The summed E-state index contributed by atoms with van der Waals surface area (Å²) in [6.07, 6.45) is 19.7. The van der Waals surface area contributed by atoms with Crippen LogP contribution in [-0.4, -0.2) is 119 Å². The molecule has 16 nitrogen and oxygen atoms in total. The number of esters is 7. The van der Waals surface area contributed by atoms with Crippen molar-refractivity contribution >= 4 is 41.8 Å². The molecule has 0 atom stereocenters. The van der Waals surface area contributed by atoms with Gasteiger partial charge in [-0.05, 0) is 97.6 Å². The van der Waals surface area contributed by atoms with E-state index in [1.54, 1.807) is 0 Å². The van der Waals surface area contributed by atoms with Gasteiger partial charge in [0, 0.05) is 38.0 Å². The molecular formula is C54H96N2O14. The van der Waals surface area contributed by atoms with Crippen molar-refractivity contribution in [3.63, 3.8) is 0 Å². The van der Waals surface area contributed by atoms with E-state index < -0.39 is 42.3 Å². The van der Waals surface area contributed by atoms with Crippen molar-refractivity contribution < 1.29 is 66.7 Å². The van der Waals surface area contributed by atoms with E-state index in [4.69, 9.17) is 33.2 Å². The first-order valence-corrected chi connectivity index (χ1v) is 27.0. The second kappa shape index (κ2) is 45.9. The molecule has 0 fully saturated rings. The molecule has 0 aliphatic carbocycles. The topological polar surface area (TPSA) is 199 Å². The fourth-order valence-electron chi connectivity index (χ4n) is 7.16. The van der Waals surface area contributed by atoms with Crippen molar-refractivity contribution in [1.82, 2.24) is 10.2 Å². The Morgan fingerprint density at radius 3 is 1.09 bits per heavy atom. The van der Waals surface area contributed by atoms with E-state index in [0.717, 1.165) is 103 Å². The highest BCUT2D eigenvalue weighted by molar-refractivity contribution is 5.92. The lowest BCUT2D eigenvalue weighted by Gasteiger charge is -2.30. The summed E-state index contributed by atoms with van der Waals surface area (Å²) in [6.45, 7) is 12.3. The van der Waals surface area contributed by atoms with Crippen LogP contribution < -0.4 is 5.32 Å². The molecule has 0 aliphatic rings. The van der Waals surface area contributed by atoms with Crippen LogP contribution in [0.2, 0.25) is 0 Å². The number of carbonyl (C=O) groups is 7. The Balaban J connectivity index is 5.70. The maximum Gasteiger partial charge on any atom is 0.351 e. The summed E-state index contributed by atoms with van der Waals surface area (Å²) in [4.78, 5) is 92.8. The molecule has 0 aromatic rings. The third-order valence-corrected chi connectivity index (χ3v) is 11.5. The first-order chi connectivity index (χ1) is 33.8. The van der Waals surface area contributed by atoms with Crippen molar-refractivity contribution in [1.29, 1.82) is 0 Å². The van der Waals surface area contributed by atoms with Gasteiger partial charge in [-0.1, -0.05) is 104 Å². The number of rotatable bonds is 49. The van der Waals surface area contributed by atoms with Crippen molar-refractivity contribution in [3.05, 3.63) is 12.3 Å². The second-order valence-corrected chi connectivity index (χ2v) is 18.6. The number of unbranched alkanes of at least 4 members (excludes halogenated alkanes) is 18. The summed E-state index contributed by atoms with van der Waals surface area (Å²) >= 11 is 0. The highest BCUT2D eigenvalue weighted by Crippen LogP contribution is 2.27. The van der Waals surface area contributed by atoms with Crippen molar-refractivity contribution in [2.24, 2.45) is 0 Å². The maximum absolute atomic E-state index is 14.1. The average molecular weight is 997 g/mol. The number of allylic oxidation sites excluding steroid dienone is 1. The van der Waals surface area contributed by atoms with E-state index in [9.17, 15) is 33.6 Å². The summed E-state index contributed by atoms with van der Waals surface area (Å²) in [5, 5.41) is 3.15. The molecule has 0 bridgehead atoms. The van der Waals surface area contributed by atoms with E-state index in [2.05, 4.69) is 32.7 Å². The van der Waals surface area contributed by atoms with Crippen molar-refractivity contribution in [2.45, 2.75) is 225 Å². The van der Waals surface area contributed by atoms with Crippen molar-refractivity contribution in [3.8, 4) is 0 Å². The quantitative estimate of drug-likeness (QED) is 0.0343. The lowest BCUT2D eigenvalue weighted by atomic mass is 9.94. The molecule has 1 N–H and O–H groups in total.